The third-order valence-electron chi connectivity index (χ3n) is 2.10. The van der Waals surface area contributed by atoms with E-state index in [0.29, 0.717) is 5.69 Å². The van der Waals surface area contributed by atoms with Gasteiger partial charge < -0.3 is 10.2 Å². The third kappa shape index (κ3) is 3.31. The molecule has 0 spiro atoms. The van der Waals surface area contributed by atoms with E-state index in [9.17, 15) is 14.4 Å². The summed E-state index contributed by atoms with van der Waals surface area (Å²) in [6.45, 7) is -0.261. The summed E-state index contributed by atoms with van der Waals surface area (Å²) >= 11 is 0. The summed E-state index contributed by atoms with van der Waals surface area (Å²) in [5.74, 6) is 0. The van der Waals surface area contributed by atoms with Crippen LogP contribution in [-0.4, -0.2) is 43.9 Å². The standard InChI is InChI=1S/C12H14N3O3/c1-14(2)12(18)15(11(17)13-8-9-16)10-6-4-3-5-7-10/h3-7H,8H2,1-2H3,(H,13,17). The van der Waals surface area contributed by atoms with Crippen molar-refractivity contribution >= 4 is 24.0 Å². The Morgan fingerprint density at radius 2 is 1.83 bits per heavy atom. The topological polar surface area (TPSA) is 69.7 Å². The molecule has 0 atom stereocenters. The molecule has 0 saturated carbocycles. The molecule has 0 saturated heterocycles. The van der Waals surface area contributed by atoms with Gasteiger partial charge in [0.2, 0.25) is 6.29 Å². The van der Waals surface area contributed by atoms with Gasteiger partial charge in [-0.1, -0.05) is 18.2 Å². The highest BCUT2D eigenvalue weighted by atomic mass is 16.2. The van der Waals surface area contributed by atoms with Crippen LogP contribution in [0.4, 0.5) is 15.3 Å². The normalized spacial score (nSPS) is 9.44. The molecular formula is C12H14N3O3. The van der Waals surface area contributed by atoms with Crippen molar-refractivity contribution in [2.75, 3.05) is 25.5 Å². The van der Waals surface area contributed by atoms with Crippen LogP contribution in [0.1, 0.15) is 0 Å². The Bertz CT molecular complexity index is 431. The molecule has 0 unspecified atom stereocenters. The molecule has 0 aliphatic heterocycles. The molecule has 1 rings (SSSR count). The first-order chi connectivity index (χ1) is 8.57. The van der Waals surface area contributed by atoms with Gasteiger partial charge in [0, 0.05) is 14.1 Å². The molecule has 1 aromatic rings. The van der Waals surface area contributed by atoms with Crippen molar-refractivity contribution in [3.8, 4) is 0 Å². The number of hydrogen-bond donors (Lipinski definition) is 1. The highest BCUT2D eigenvalue weighted by molar-refractivity contribution is 6.13. The van der Waals surface area contributed by atoms with Crippen molar-refractivity contribution in [2.45, 2.75) is 0 Å². The number of carbonyl (C=O) groups is 2. The maximum Gasteiger partial charge on any atom is 0.332 e. The fourth-order valence-electron chi connectivity index (χ4n) is 1.28. The molecule has 4 amide bonds. The van der Waals surface area contributed by atoms with Crippen LogP contribution < -0.4 is 10.2 Å². The van der Waals surface area contributed by atoms with Gasteiger partial charge in [0.05, 0.1) is 12.2 Å². The summed E-state index contributed by atoms with van der Waals surface area (Å²) < 4.78 is 0. The molecule has 95 valence electrons. The van der Waals surface area contributed by atoms with E-state index in [0.717, 1.165) is 4.90 Å². The van der Waals surface area contributed by atoms with Crippen LogP contribution in [-0.2, 0) is 4.79 Å². The highest BCUT2D eigenvalue weighted by Crippen LogP contribution is 2.14. The summed E-state index contributed by atoms with van der Waals surface area (Å²) in [6, 6.07) is 7.30. The van der Waals surface area contributed by atoms with E-state index in [4.69, 9.17) is 0 Å². The first-order valence-corrected chi connectivity index (χ1v) is 5.27. The van der Waals surface area contributed by atoms with E-state index in [1.807, 2.05) is 0 Å². The summed E-state index contributed by atoms with van der Waals surface area (Å²) in [4.78, 5) is 36.1. The van der Waals surface area contributed by atoms with Crippen LogP contribution >= 0.6 is 0 Å². The zero-order chi connectivity index (χ0) is 13.5. The average Bonchev–Trinajstić information content (AvgIpc) is 2.37. The Balaban J connectivity index is 2.99. The lowest BCUT2D eigenvalue weighted by molar-refractivity contribution is 0.218. The van der Waals surface area contributed by atoms with Gasteiger partial charge in [-0.2, -0.15) is 0 Å². The Kier molecular flexibility index (Phi) is 4.86. The lowest BCUT2D eigenvalue weighted by atomic mass is 10.3. The fraction of sp³-hybridized carbons (Fsp3) is 0.250. The van der Waals surface area contributed by atoms with E-state index in [1.165, 1.54) is 25.3 Å². The molecule has 0 aliphatic rings. The average molecular weight is 248 g/mol. The lowest BCUT2D eigenvalue weighted by Crippen LogP contribution is -2.48. The summed E-state index contributed by atoms with van der Waals surface area (Å²) in [5, 5.41) is 2.28. The van der Waals surface area contributed by atoms with Crippen LogP contribution in [0.3, 0.4) is 0 Å². The SMILES string of the molecule is CN(C)C(=O)N(C(=O)NC[C]=O)c1ccccc1. The predicted molar refractivity (Wildman–Crippen MR) is 67.1 cm³/mol. The van der Waals surface area contributed by atoms with Gasteiger partial charge in [0.15, 0.2) is 0 Å². The van der Waals surface area contributed by atoms with Crippen molar-refractivity contribution in [2.24, 2.45) is 0 Å². The molecule has 0 aliphatic carbocycles. The summed E-state index contributed by atoms with van der Waals surface area (Å²) in [6.07, 6.45) is 1.54. The smallest absolute Gasteiger partial charge is 0.330 e. The van der Waals surface area contributed by atoms with E-state index < -0.39 is 12.1 Å². The highest BCUT2D eigenvalue weighted by Gasteiger charge is 2.24. The molecule has 0 aromatic heterocycles. The largest absolute Gasteiger partial charge is 0.332 e. The van der Waals surface area contributed by atoms with Crippen LogP contribution in [0.5, 0.6) is 0 Å². The number of imide groups is 1. The maximum absolute atomic E-state index is 11.9. The number of amides is 4. The zero-order valence-corrected chi connectivity index (χ0v) is 10.2. The van der Waals surface area contributed by atoms with Crippen molar-refractivity contribution in [3.05, 3.63) is 30.3 Å². The Morgan fingerprint density at radius 3 is 2.33 bits per heavy atom. The molecule has 0 bridgehead atoms. The Hall–Kier alpha value is -2.37. The van der Waals surface area contributed by atoms with Gasteiger partial charge in [-0.15, -0.1) is 0 Å². The molecule has 6 heteroatoms. The minimum Gasteiger partial charge on any atom is -0.330 e. The molecule has 1 aromatic carbocycles. The summed E-state index contributed by atoms with van der Waals surface area (Å²) in [7, 11) is 3.08. The van der Waals surface area contributed by atoms with E-state index >= 15 is 0 Å². The fourth-order valence-corrected chi connectivity index (χ4v) is 1.28. The number of carbonyl (C=O) groups excluding carboxylic acids is 3. The number of hydrogen-bond acceptors (Lipinski definition) is 3. The van der Waals surface area contributed by atoms with Gasteiger partial charge >= 0.3 is 12.1 Å². The first-order valence-electron chi connectivity index (χ1n) is 5.27. The number of anilines is 1. The Labute approximate surface area is 105 Å². The van der Waals surface area contributed by atoms with Crippen molar-refractivity contribution in [3.63, 3.8) is 0 Å². The van der Waals surface area contributed by atoms with Crippen molar-refractivity contribution < 1.29 is 14.4 Å². The first kappa shape index (κ1) is 13.7. The molecule has 0 fully saturated rings. The molecule has 6 nitrogen and oxygen atoms in total. The van der Waals surface area contributed by atoms with E-state index in [-0.39, 0.29) is 6.54 Å². The lowest BCUT2D eigenvalue weighted by Gasteiger charge is -2.24. The molecular weight excluding hydrogens is 234 g/mol. The summed E-state index contributed by atoms with van der Waals surface area (Å²) in [5.41, 5.74) is 0.430. The van der Waals surface area contributed by atoms with Crippen LogP contribution in [0.25, 0.3) is 0 Å². The van der Waals surface area contributed by atoms with Gasteiger partial charge in [0.25, 0.3) is 0 Å². The third-order valence-corrected chi connectivity index (χ3v) is 2.10. The minimum absolute atomic E-state index is 0.261. The molecule has 18 heavy (non-hydrogen) atoms. The number of para-hydroxylation sites is 1. The van der Waals surface area contributed by atoms with Crippen LogP contribution in [0.2, 0.25) is 0 Å². The van der Waals surface area contributed by atoms with Crippen molar-refractivity contribution in [1.82, 2.24) is 10.2 Å². The predicted octanol–water partition coefficient (Wildman–Crippen LogP) is 0.994. The Morgan fingerprint density at radius 1 is 1.22 bits per heavy atom. The second-order valence-corrected chi connectivity index (χ2v) is 3.65. The van der Waals surface area contributed by atoms with E-state index in [1.54, 1.807) is 30.3 Å². The minimum atomic E-state index is -0.664. The van der Waals surface area contributed by atoms with Gasteiger partial charge in [0.1, 0.15) is 0 Å². The molecule has 1 radical (unpaired) electrons. The molecule has 0 heterocycles. The maximum atomic E-state index is 11.9. The van der Waals surface area contributed by atoms with E-state index in [2.05, 4.69) is 5.32 Å². The van der Waals surface area contributed by atoms with Crippen molar-refractivity contribution in [1.29, 1.82) is 0 Å². The quantitative estimate of drug-likeness (QED) is 0.867. The molecule has 1 N–H and O–H groups in total. The number of urea groups is 2. The number of nitrogens with zero attached hydrogens (tertiary/aromatic N) is 2. The second kappa shape index (κ2) is 6.39. The second-order valence-electron chi connectivity index (χ2n) is 3.65. The number of rotatable bonds is 3. The van der Waals surface area contributed by atoms with Gasteiger partial charge in [-0.25, -0.2) is 14.5 Å². The van der Waals surface area contributed by atoms with Gasteiger partial charge in [-0.05, 0) is 12.1 Å². The van der Waals surface area contributed by atoms with Gasteiger partial charge in [-0.3, -0.25) is 4.79 Å². The monoisotopic (exact) mass is 248 g/mol. The van der Waals surface area contributed by atoms with Crippen LogP contribution in [0.15, 0.2) is 30.3 Å². The zero-order valence-electron chi connectivity index (χ0n) is 10.2. The number of benzene rings is 1. The van der Waals surface area contributed by atoms with Crippen LogP contribution in [0, 0.1) is 0 Å². The number of nitrogens with one attached hydrogen (secondary N) is 1.